The molecule has 0 spiro atoms. The van der Waals surface area contributed by atoms with Gasteiger partial charge in [0.2, 0.25) is 5.91 Å². The van der Waals surface area contributed by atoms with Crippen LogP contribution in [0.3, 0.4) is 0 Å². The molecule has 4 rings (SSSR count). The van der Waals surface area contributed by atoms with Crippen molar-refractivity contribution < 1.29 is 9.18 Å². The van der Waals surface area contributed by atoms with Crippen LogP contribution < -0.4 is 5.32 Å². The third-order valence-corrected chi connectivity index (χ3v) is 6.22. The zero-order valence-corrected chi connectivity index (χ0v) is 15.7. The summed E-state index contributed by atoms with van der Waals surface area (Å²) >= 11 is 1.67. The second kappa shape index (κ2) is 8.01. The summed E-state index contributed by atoms with van der Waals surface area (Å²) < 4.78 is 14.9. The van der Waals surface area contributed by atoms with E-state index in [1.54, 1.807) is 23.5 Å². The lowest BCUT2D eigenvalue weighted by Crippen LogP contribution is -2.36. The van der Waals surface area contributed by atoms with Gasteiger partial charge in [-0.2, -0.15) is 0 Å². The normalized spacial score (nSPS) is 19.3. The van der Waals surface area contributed by atoms with Crippen LogP contribution in [0, 0.1) is 11.7 Å². The van der Waals surface area contributed by atoms with Crippen molar-refractivity contribution in [1.29, 1.82) is 0 Å². The molecular formula is C22H21FN2OS. The van der Waals surface area contributed by atoms with Gasteiger partial charge < -0.3 is 5.32 Å². The van der Waals surface area contributed by atoms with Crippen molar-refractivity contribution in [3.05, 3.63) is 77.1 Å². The summed E-state index contributed by atoms with van der Waals surface area (Å²) in [7, 11) is 0. The number of carbonyl (C=O) groups is 1. The van der Waals surface area contributed by atoms with Crippen molar-refractivity contribution in [2.45, 2.75) is 25.2 Å². The fourth-order valence-corrected chi connectivity index (χ4v) is 4.72. The number of thiazole rings is 1. The van der Waals surface area contributed by atoms with Gasteiger partial charge in [0.1, 0.15) is 5.82 Å². The number of nitrogens with one attached hydrogen (secondary N) is 1. The summed E-state index contributed by atoms with van der Waals surface area (Å²) in [6, 6.07) is 14.8. The summed E-state index contributed by atoms with van der Waals surface area (Å²) in [6.07, 6.45) is 6.24. The number of nitrogens with zero attached hydrogens (tertiary/aromatic N) is 1. The molecular weight excluding hydrogens is 359 g/mol. The Balaban J connectivity index is 1.44. The van der Waals surface area contributed by atoms with E-state index in [1.165, 1.54) is 6.07 Å². The van der Waals surface area contributed by atoms with E-state index in [0.29, 0.717) is 24.9 Å². The zero-order valence-electron chi connectivity index (χ0n) is 14.9. The number of carbonyl (C=O) groups excluding carboxylic acids is 1. The van der Waals surface area contributed by atoms with Crippen molar-refractivity contribution in [3.8, 4) is 0 Å². The Labute approximate surface area is 161 Å². The lowest BCUT2D eigenvalue weighted by atomic mass is 9.82. The Kier molecular flexibility index (Phi) is 5.30. The molecule has 3 nitrogen and oxygen atoms in total. The molecule has 2 atom stereocenters. The quantitative estimate of drug-likeness (QED) is 0.643. The van der Waals surface area contributed by atoms with Gasteiger partial charge in [0.15, 0.2) is 0 Å². The SMILES string of the molecule is O=C(NCCc1ccccc1F)[C@H]1CC=CC[C@H]1c1nc2ccccc2s1. The molecule has 0 fully saturated rings. The number of para-hydroxylation sites is 1. The lowest BCUT2D eigenvalue weighted by Gasteiger charge is -2.26. The number of amides is 1. The maximum absolute atomic E-state index is 13.7. The fourth-order valence-electron chi connectivity index (χ4n) is 3.58. The van der Waals surface area contributed by atoms with Gasteiger partial charge in [-0.05, 0) is 43.0 Å². The second-order valence-corrected chi connectivity index (χ2v) is 7.87. The van der Waals surface area contributed by atoms with E-state index in [-0.39, 0.29) is 23.6 Å². The van der Waals surface area contributed by atoms with Crippen LogP contribution in [0.4, 0.5) is 4.39 Å². The standard InChI is InChI=1S/C22H21FN2OS/c23-18-10-4-1-7-15(18)13-14-24-21(26)16-8-2-3-9-17(16)22-25-19-11-5-6-12-20(19)27-22/h1-7,10-12,16-17H,8-9,13-14H2,(H,24,26)/t16-,17+/m0/s1. The molecule has 0 aliphatic heterocycles. The third-order valence-electron chi connectivity index (χ3n) is 5.05. The van der Waals surface area contributed by atoms with E-state index in [0.717, 1.165) is 21.6 Å². The third kappa shape index (κ3) is 3.93. The molecule has 27 heavy (non-hydrogen) atoms. The molecule has 0 radical (unpaired) electrons. The molecule has 138 valence electrons. The summed E-state index contributed by atoms with van der Waals surface area (Å²) in [5, 5.41) is 4.02. The van der Waals surface area contributed by atoms with E-state index in [4.69, 9.17) is 4.98 Å². The predicted octanol–water partition coefficient (Wildman–Crippen LogP) is 4.84. The van der Waals surface area contributed by atoms with Gasteiger partial charge in [-0.3, -0.25) is 4.79 Å². The van der Waals surface area contributed by atoms with Gasteiger partial charge in [-0.1, -0.05) is 42.5 Å². The molecule has 1 aliphatic carbocycles. The van der Waals surface area contributed by atoms with Crippen molar-refractivity contribution in [1.82, 2.24) is 10.3 Å². The minimum absolute atomic E-state index is 0.0277. The molecule has 1 aliphatic rings. The molecule has 2 aromatic carbocycles. The first-order chi connectivity index (χ1) is 13.2. The fraction of sp³-hybridized carbons (Fsp3) is 0.273. The van der Waals surface area contributed by atoms with Crippen molar-refractivity contribution in [2.24, 2.45) is 5.92 Å². The minimum atomic E-state index is -0.222. The van der Waals surface area contributed by atoms with Crippen molar-refractivity contribution in [3.63, 3.8) is 0 Å². The largest absolute Gasteiger partial charge is 0.355 e. The first kappa shape index (κ1) is 17.9. The van der Waals surface area contributed by atoms with Crippen LogP contribution in [0.1, 0.15) is 29.3 Å². The summed E-state index contributed by atoms with van der Waals surface area (Å²) in [6.45, 7) is 0.437. The van der Waals surface area contributed by atoms with Gasteiger partial charge in [-0.15, -0.1) is 11.3 Å². The number of aromatic nitrogens is 1. The van der Waals surface area contributed by atoms with Gasteiger partial charge in [0, 0.05) is 12.5 Å². The minimum Gasteiger partial charge on any atom is -0.355 e. The van der Waals surface area contributed by atoms with E-state index in [2.05, 4.69) is 23.5 Å². The Morgan fingerprint density at radius 1 is 1.11 bits per heavy atom. The highest BCUT2D eigenvalue weighted by Gasteiger charge is 2.32. The van der Waals surface area contributed by atoms with Crippen molar-refractivity contribution in [2.75, 3.05) is 6.54 Å². The van der Waals surface area contributed by atoms with Crippen LogP contribution in [-0.2, 0) is 11.2 Å². The molecule has 1 amide bonds. The molecule has 0 bridgehead atoms. The molecule has 0 saturated carbocycles. The molecule has 3 aromatic rings. The Bertz CT molecular complexity index is 948. The van der Waals surface area contributed by atoms with Gasteiger partial charge in [0.25, 0.3) is 0 Å². The van der Waals surface area contributed by atoms with E-state index < -0.39 is 0 Å². The molecule has 0 unspecified atom stereocenters. The summed E-state index contributed by atoms with van der Waals surface area (Å²) in [4.78, 5) is 17.6. The van der Waals surface area contributed by atoms with Gasteiger partial charge >= 0.3 is 0 Å². The van der Waals surface area contributed by atoms with Crippen LogP contribution in [0.15, 0.2) is 60.7 Å². The summed E-state index contributed by atoms with van der Waals surface area (Å²) in [5.74, 6) is -0.225. The molecule has 1 heterocycles. The Morgan fingerprint density at radius 2 is 1.89 bits per heavy atom. The summed E-state index contributed by atoms with van der Waals surface area (Å²) in [5.41, 5.74) is 1.62. The average Bonchev–Trinajstić information content (AvgIpc) is 3.13. The van der Waals surface area contributed by atoms with E-state index in [1.807, 2.05) is 24.3 Å². The molecule has 1 aromatic heterocycles. The van der Waals surface area contributed by atoms with Crippen LogP contribution in [0.5, 0.6) is 0 Å². The van der Waals surface area contributed by atoms with E-state index >= 15 is 0 Å². The number of rotatable bonds is 5. The first-order valence-electron chi connectivity index (χ1n) is 9.24. The highest BCUT2D eigenvalue weighted by Crippen LogP contribution is 2.38. The number of benzene rings is 2. The predicted molar refractivity (Wildman–Crippen MR) is 107 cm³/mol. The highest BCUT2D eigenvalue weighted by molar-refractivity contribution is 7.18. The van der Waals surface area contributed by atoms with Crippen LogP contribution >= 0.6 is 11.3 Å². The maximum Gasteiger partial charge on any atom is 0.224 e. The Hall–Kier alpha value is -2.53. The van der Waals surface area contributed by atoms with Crippen molar-refractivity contribution >= 4 is 27.5 Å². The molecule has 1 N–H and O–H groups in total. The topological polar surface area (TPSA) is 42.0 Å². The maximum atomic E-state index is 13.7. The number of halogens is 1. The van der Waals surface area contributed by atoms with Gasteiger partial charge in [0.05, 0.1) is 21.1 Å². The number of hydrogen-bond acceptors (Lipinski definition) is 3. The molecule has 0 saturated heterocycles. The van der Waals surface area contributed by atoms with E-state index in [9.17, 15) is 9.18 Å². The number of allylic oxidation sites excluding steroid dienone is 2. The average molecular weight is 380 g/mol. The number of hydrogen-bond donors (Lipinski definition) is 1. The zero-order chi connectivity index (χ0) is 18.6. The number of fused-ring (bicyclic) bond motifs is 1. The Morgan fingerprint density at radius 3 is 2.74 bits per heavy atom. The van der Waals surface area contributed by atoms with Crippen LogP contribution in [0.25, 0.3) is 10.2 Å². The monoisotopic (exact) mass is 380 g/mol. The lowest BCUT2D eigenvalue weighted by molar-refractivity contribution is -0.125. The van der Waals surface area contributed by atoms with Crippen LogP contribution in [-0.4, -0.2) is 17.4 Å². The van der Waals surface area contributed by atoms with Crippen LogP contribution in [0.2, 0.25) is 0 Å². The second-order valence-electron chi connectivity index (χ2n) is 6.81. The van der Waals surface area contributed by atoms with Gasteiger partial charge in [-0.25, -0.2) is 9.37 Å². The molecule has 5 heteroatoms. The first-order valence-corrected chi connectivity index (χ1v) is 10.1. The highest BCUT2D eigenvalue weighted by atomic mass is 32.1. The smallest absolute Gasteiger partial charge is 0.224 e.